The quantitative estimate of drug-likeness (QED) is 0.223. The van der Waals surface area contributed by atoms with E-state index >= 15 is 0 Å². The van der Waals surface area contributed by atoms with Crippen LogP contribution in [0, 0.1) is 5.41 Å². The van der Waals surface area contributed by atoms with Crippen LogP contribution < -0.4 is 9.47 Å². The molecule has 7 nitrogen and oxygen atoms in total. The van der Waals surface area contributed by atoms with Crippen molar-refractivity contribution >= 4 is 17.7 Å². The van der Waals surface area contributed by atoms with Crippen LogP contribution in [0.1, 0.15) is 95.4 Å². The minimum Gasteiger partial charge on any atom is -0.493 e. The lowest BCUT2D eigenvalue weighted by Crippen LogP contribution is -2.53. The highest BCUT2D eigenvalue weighted by Crippen LogP contribution is 2.32. The first-order valence-corrected chi connectivity index (χ1v) is 14.4. The molecule has 3 rings (SSSR count). The standard InChI is InChI=1S/C33H45NO6/c1-8-33(4,5)30(35)31(36)34-19-10-9-14-26(34)32(37)40-27(25-13-11-12-24(21-25)22(2)3)17-15-23-16-18-28(38-6)29(20-23)39-7/h11-13,16,18,20-22,26-27H,8-10,14-15,17,19H2,1-7H3/t26-,27+/m0/s1. The Labute approximate surface area is 239 Å². The number of Topliss-reactive ketones (excluding diaryl/α,β-unsaturated/α-hetero) is 1. The van der Waals surface area contributed by atoms with E-state index in [0.29, 0.717) is 49.6 Å². The fourth-order valence-corrected chi connectivity index (χ4v) is 4.96. The molecule has 0 N–H and O–H groups in total. The molecule has 0 saturated carbocycles. The Bertz CT molecular complexity index is 1190. The fourth-order valence-electron chi connectivity index (χ4n) is 4.96. The summed E-state index contributed by atoms with van der Waals surface area (Å²) in [6.45, 7) is 10.1. The lowest BCUT2D eigenvalue weighted by molar-refractivity contribution is -0.164. The van der Waals surface area contributed by atoms with Gasteiger partial charge in [0.15, 0.2) is 11.5 Å². The van der Waals surface area contributed by atoms with Crippen LogP contribution >= 0.6 is 0 Å². The third-order valence-electron chi connectivity index (χ3n) is 8.08. The summed E-state index contributed by atoms with van der Waals surface area (Å²) in [5.41, 5.74) is 2.33. The van der Waals surface area contributed by atoms with Gasteiger partial charge in [-0.05, 0) is 73.3 Å². The summed E-state index contributed by atoms with van der Waals surface area (Å²) in [4.78, 5) is 41.4. The van der Waals surface area contributed by atoms with Gasteiger partial charge >= 0.3 is 5.97 Å². The van der Waals surface area contributed by atoms with Crippen LogP contribution in [0.2, 0.25) is 0 Å². The average molecular weight is 552 g/mol. The zero-order chi connectivity index (χ0) is 29.4. The number of ether oxygens (including phenoxy) is 3. The molecule has 7 heteroatoms. The lowest BCUT2D eigenvalue weighted by atomic mass is 9.84. The van der Waals surface area contributed by atoms with E-state index in [4.69, 9.17) is 14.2 Å². The van der Waals surface area contributed by atoms with Gasteiger partial charge in [0.05, 0.1) is 14.2 Å². The van der Waals surface area contributed by atoms with Crippen molar-refractivity contribution in [2.75, 3.05) is 20.8 Å². The molecule has 0 bridgehead atoms. The van der Waals surface area contributed by atoms with Gasteiger partial charge in [-0.3, -0.25) is 9.59 Å². The Morgan fingerprint density at radius 1 is 0.975 bits per heavy atom. The van der Waals surface area contributed by atoms with Crippen molar-refractivity contribution in [2.45, 2.75) is 91.2 Å². The predicted octanol–water partition coefficient (Wildman–Crippen LogP) is 6.43. The highest BCUT2D eigenvalue weighted by atomic mass is 16.5. The van der Waals surface area contributed by atoms with Gasteiger partial charge in [-0.25, -0.2) is 4.79 Å². The molecular formula is C33H45NO6. The van der Waals surface area contributed by atoms with Crippen molar-refractivity contribution in [1.29, 1.82) is 0 Å². The van der Waals surface area contributed by atoms with Gasteiger partial charge in [0.1, 0.15) is 12.1 Å². The van der Waals surface area contributed by atoms with Crippen LogP contribution in [0.15, 0.2) is 42.5 Å². The smallest absolute Gasteiger partial charge is 0.329 e. The first-order chi connectivity index (χ1) is 19.0. The molecule has 1 fully saturated rings. The van der Waals surface area contributed by atoms with E-state index in [0.717, 1.165) is 29.5 Å². The number of esters is 1. The molecule has 2 aromatic carbocycles. The lowest BCUT2D eigenvalue weighted by Gasteiger charge is -2.36. The third kappa shape index (κ3) is 7.43. The second-order valence-electron chi connectivity index (χ2n) is 11.6. The van der Waals surface area contributed by atoms with Crippen LogP contribution in [0.25, 0.3) is 0 Å². The normalized spacial score (nSPS) is 16.4. The first kappa shape index (κ1) is 31.2. The Hall–Kier alpha value is -3.35. The van der Waals surface area contributed by atoms with Gasteiger partial charge in [-0.2, -0.15) is 0 Å². The number of benzene rings is 2. The summed E-state index contributed by atoms with van der Waals surface area (Å²) in [7, 11) is 3.21. The molecule has 218 valence electrons. The number of hydrogen-bond acceptors (Lipinski definition) is 6. The van der Waals surface area contributed by atoms with E-state index in [1.165, 1.54) is 4.90 Å². The Balaban J connectivity index is 1.86. The molecule has 0 spiro atoms. The molecular weight excluding hydrogens is 506 g/mol. The molecule has 1 aliphatic rings. The van der Waals surface area contributed by atoms with Gasteiger partial charge in [0.25, 0.3) is 5.91 Å². The number of ketones is 1. The number of likely N-dealkylation sites (tertiary alicyclic amines) is 1. The highest BCUT2D eigenvalue weighted by Gasteiger charge is 2.41. The van der Waals surface area contributed by atoms with Gasteiger partial charge in [0, 0.05) is 12.0 Å². The second kappa shape index (κ2) is 13.8. The number of carbonyl (C=O) groups is 3. The van der Waals surface area contributed by atoms with Crippen LogP contribution in [-0.2, 0) is 25.5 Å². The Kier molecular flexibility index (Phi) is 10.8. The monoisotopic (exact) mass is 551 g/mol. The van der Waals surface area contributed by atoms with Gasteiger partial charge < -0.3 is 19.1 Å². The number of hydrogen-bond donors (Lipinski definition) is 0. The van der Waals surface area contributed by atoms with Crippen LogP contribution in [0.5, 0.6) is 11.5 Å². The molecule has 1 amide bonds. The van der Waals surface area contributed by atoms with Gasteiger partial charge in [-0.15, -0.1) is 0 Å². The predicted molar refractivity (Wildman–Crippen MR) is 156 cm³/mol. The molecule has 0 unspecified atom stereocenters. The van der Waals surface area contributed by atoms with Crippen molar-refractivity contribution in [2.24, 2.45) is 5.41 Å². The zero-order valence-corrected chi connectivity index (χ0v) is 25.1. The van der Waals surface area contributed by atoms with E-state index in [2.05, 4.69) is 26.0 Å². The number of methoxy groups -OCH3 is 2. The largest absolute Gasteiger partial charge is 0.493 e. The second-order valence-corrected chi connectivity index (χ2v) is 11.6. The molecule has 40 heavy (non-hydrogen) atoms. The maximum absolute atomic E-state index is 13.7. The van der Waals surface area contributed by atoms with Crippen molar-refractivity contribution in [3.63, 3.8) is 0 Å². The van der Waals surface area contributed by atoms with E-state index in [-0.39, 0.29) is 0 Å². The summed E-state index contributed by atoms with van der Waals surface area (Å²) in [5.74, 6) is 0.124. The first-order valence-electron chi connectivity index (χ1n) is 14.4. The third-order valence-corrected chi connectivity index (χ3v) is 8.08. The number of aryl methyl sites for hydroxylation is 1. The number of piperidine rings is 1. The van der Waals surface area contributed by atoms with Crippen molar-refractivity contribution in [3.8, 4) is 11.5 Å². The van der Waals surface area contributed by atoms with Crippen LogP contribution in [0.3, 0.4) is 0 Å². The zero-order valence-electron chi connectivity index (χ0n) is 25.1. The van der Waals surface area contributed by atoms with Gasteiger partial charge in [-0.1, -0.05) is 65.0 Å². The molecule has 1 heterocycles. The van der Waals surface area contributed by atoms with Crippen molar-refractivity contribution < 1.29 is 28.6 Å². The molecule has 2 atom stereocenters. The topological polar surface area (TPSA) is 82.1 Å². The minimum atomic E-state index is -0.776. The Morgan fingerprint density at radius 3 is 2.33 bits per heavy atom. The van der Waals surface area contributed by atoms with E-state index in [1.807, 2.05) is 37.3 Å². The number of rotatable bonds is 12. The SMILES string of the molecule is CCC(C)(C)C(=O)C(=O)N1CCCC[C@H]1C(=O)O[C@H](CCc1ccc(OC)c(OC)c1)c1cccc(C(C)C)c1. The van der Waals surface area contributed by atoms with Gasteiger partial charge in [0.2, 0.25) is 5.78 Å². The molecule has 2 aromatic rings. The van der Waals surface area contributed by atoms with E-state index < -0.39 is 35.2 Å². The van der Waals surface area contributed by atoms with Crippen LogP contribution in [0.4, 0.5) is 0 Å². The molecule has 0 aromatic heterocycles. The van der Waals surface area contributed by atoms with E-state index in [1.54, 1.807) is 28.1 Å². The summed E-state index contributed by atoms with van der Waals surface area (Å²) < 4.78 is 17.0. The van der Waals surface area contributed by atoms with Crippen LogP contribution in [-0.4, -0.2) is 49.4 Å². The Morgan fingerprint density at radius 2 is 1.68 bits per heavy atom. The maximum Gasteiger partial charge on any atom is 0.329 e. The van der Waals surface area contributed by atoms with Crippen molar-refractivity contribution in [3.05, 3.63) is 59.2 Å². The fraction of sp³-hybridized carbons (Fsp3) is 0.545. The van der Waals surface area contributed by atoms with E-state index in [9.17, 15) is 14.4 Å². The molecule has 0 radical (unpaired) electrons. The molecule has 1 aliphatic heterocycles. The van der Waals surface area contributed by atoms with Crippen molar-refractivity contribution in [1.82, 2.24) is 4.90 Å². The molecule has 1 saturated heterocycles. The summed E-state index contributed by atoms with van der Waals surface area (Å²) in [6.07, 6.45) is 3.26. The average Bonchev–Trinajstić information content (AvgIpc) is 2.98. The summed E-state index contributed by atoms with van der Waals surface area (Å²) >= 11 is 0. The highest BCUT2D eigenvalue weighted by molar-refractivity contribution is 6.38. The summed E-state index contributed by atoms with van der Waals surface area (Å²) in [6, 6.07) is 13.2. The minimum absolute atomic E-state index is 0.321. The number of nitrogens with zero attached hydrogens (tertiary/aromatic N) is 1. The maximum atomic E-state index is 13.7. The molecule has 0 aliphatic carbocycles. The number of amides is 1. The number of carbonyl (C=O) groups excluding carboxylic acids is 3. The summed E-state index contributed by atoms with van der Waals surface area (Å²) in [5, 5.41) is 0.